The summed E-state index contributed by atoms with van der Waals surface area (Å²) in [6.07, 6.45) is 3.81. The summed E-state index contributed by atoms with van der Waals surface area (Å²) < 4.78 is 12.6. The highest BCUT2D eigenvalue weighted by molar-refractivity contribution is 5.79. The van der Waals surface area contributed by atoms with Crippen LogP contribution in [0.25, 0.3) is 0 Å². The van der Waals surface area contributed by atoms with Crippen molar-refractivity contribution in [2.45, 2.75) is 0 Å². The van der Waals surface area contributed by atoms with Crippen molar-refractivity contribution in [2.75, 3.05) is 0 Å². The van der Waals surface area contributed by atoms with Crippen molar-refractivity contribution in [3.8, 4) is 0 Å². The molecule has 1 aromatic heterocycles. The largest absolute Gasteiger partial charge is 0.323 e. The Balaban J connectivity index is 3.03. The first-order valence-corrected chi connectivity index (χ1v) is 2.67. The highest BCUT2D eigenvalue weighted by Gasteiger charge is 1.94. The van der Waals surface area contributed by atoms with Gasteiger partial charge in [0.2, 0.25) is 0 Å². The maximum absolute atomic E-state index is 12.6. The number of nitrogens with zero attached hydrogens (tertiary/aromatic N) is 2. The van der Waals surface area contributed by atoms with Crippen LogP contribution in [0.1, 0.15) is 5.56 Å². The highest BCUT2D eigenvalue weighted by atomic mass is 19.1. The Morgan fingerprint density at radius 1 is 1.70 bits per heavy atom. The van der Waals surface area contributed by atoms with Gasteiger partial charge in [-0.2, -0.15) is 5.10 Å². The molecule has 3 nitrogen and oxygen atoms in total. The van der Waals surface area contributed by atoms with E-state index in [0.29, 0.717) is 5.56 Å². The third kappa shape index (κ3) is 1.28. The van der Waals surface area contributed by atoms with E-state index in [4.69, 9.17) is 5.84 Å². The van der Waals surface area contributed by atoms with Crippen molar-refractivity contribution in [2.24, 2.45) is 10.9 Å². The lowest BCUT2D eigenvalue weighted by Crippen LogP contribution is -1.91. The number of halogens is 1. The van der Waals surface area contributed by atoms with Crippen LogP contribution in [0, 0.1) is 5.82 Å². The standard InChI is InChI=1S/C6H6FN3/c7-6-4-9-2-1-5(6)3-10-8/h1-4H,8H2/b10-3-. The van der Waals surface area contributed by atoms with E-state index < -0.39 is 5.82 Å². The highest BCUT2D eigenvalue weighted by Crippen LogP contribution is 1.99. The zero-order valence-electron chi connectivity index (χ0n) is 5.16. The topological polar surface area (TPSA) is 51.3 Å². The molecule has 10 heavy (non-hydrogen) atoms. The molecule has 0 aliphatic rings. The molecule has 0 amide bonds. The molecule has 52 valence electrons. The van der Waals surface area contributed by atoms with Gasteiger partial charge in [0.25, 0.3) is 0 Å². The van der Waals surface area contributed by atoms with Crippen LogP contribution >= 0.6 is 0 Å². The Labute approximate surface area is 57.4 Å². The Morgan fingerprint density at radius 3 is 3.10 bits per heavy atom. The van der Waals surface area contributed by atoms with Gasteiger partial charge in [-0.05, 0) is 6.07 Å². The normalized spacial score (nSPS) is 10.5. The molecule has 0 aliphatic heterocycles. The first-order valence-electron chi connectivity index (χ1n) is 2.67. The third-order valence-electron chi connectivity index (χ3n) is 1.02. The quantitative estimate of drug-likeness (QED) is 0.350. The van der Waals surface area contributed by atoms with Crippen LogP contribution < -0.4 is 5.84 Å². The number of hydrogen-bond donors (Lipinski definition) is 1. The molecule has 0 aliphatic carbocycles. The number of pyridine rings is 1. The molecule has 0 unspecified atom stereocenters. The Morgan fingerprint density at radius 2 is 2.50 bits per heavy atom. The summed E-state index contributed by atoms with van der Waals surface area (Å²) in [7, 11) is 0. The van der Waals surface area contributed by atoms with Crippen molar-refractivity contribution >= 4 is 6.21 Å². The van der Waals surface area contributed by atoms with Gasteiger partial charge in [-0.15, -0.1) is 0 Å². The van der Waals surface area contributed by atoms with Crippen molar-refractivity contribution in [1.29, 1.82) is 0 Å². The molecule has 1 heterocycles. The van der Waals surface area contributed by atoms with Gasteiger partial charge in [-0.25, -0.2) is 4.39 Å². The minimum atomic E-state index is -0.420. The van der Waals surface area contributed by atoms with E-state index in [9.17, 15) is 4.39 Å². The molecule has 2 N–H and O–H groups in total. The van der Waals surface area contributed by atoms with Crippen LogP contribution in [-0.4, -0.2) is 11.2 Å². The van der Waals surface area contributed by atoms with E-state index in [1.54, 1.807) is 0 Å². The SMILES string of the molecule is N/N=C\c1ccncc1F. The summed E-state index contributed by atoms with van der Waals surface area (Å²) in [6.45, 7) is 0. The smallest absolute Gasteiger partial charge is 0.150 e. The van der Waals surface area contributed by atoms with Gasteiger partial charge in [0.05, 0.1) is 12.4 Å². The van der Waals surface area contributed by atoms with E-state index in [1.165, 1.54) is 18.5 Å². The fourth-order valence-corrected chi connectivity index (χ4v) is 0.571. The first-order chi connectivity index (χ1) is 4.84. The minimum Gasteiger partial charge on any atom is -0.323 e. The second-order valence-corrected chi connectivity index (χ2v) is 1.68. The van der Waals surface area contributed by atoms with Crippen LogP contribution in [0.2, 0.25) is 0 Å². The van der Waals surface area contributed by atoms with E-state index in [1.807, 2.05) is 0 Å². The second kappa shape index (κ2) is 2.91. The summed E-state index contributed by atoms with van der Waals surface area (Å²) >= 11 is 0. The van der Waals surface area contributed by atoms with Crippen LogP contribution in [0.5, 0.6) is 0 Å². The lowest BCUT2D eigenvalue weighted by Gasteiger charge is -1.90. The van der Waals surface area contributed by atoms with Gasteiger partial charge in [0, 0.05) is 11.8 Å². The van der Waals surface area contributed by atoms with E-state index >= 15 is 0 Å². The van der Waals surface area contributed by atoms with Gasteiger partial charge in [-0.1, -0.05) is 0 Å². The predicted octanol–water partition coefficient (Wildman–Crippen LogP) is 0.513. The molecule has 0 saturated heterocycles. The monoisotopic (exact) mass is 139 g/mol. The summed E-state index contributed by atoms with van der Waals surface area (Å²) in [4.78, 5) is 3.55. The summed E-state index contributed by atoms with van der Waals surface area (Å²) in [5.74, 6) is 4.39. The molecule has 0 atom stereocenters. The van der Waals surface area contributed by atoms with Gasteiger partial charge < -0.3 is 5.84 Å². The number of hydrogen-bond acceptors (Lipinski definition) is 3. The van der Waals surface area contributed by atoms with E-state index in [2.05, 4.69) is 10.1 Å². The Bertz CT molecular complexity index is 247. The molecule has 1 aromatic rings. The Hall–Kier alpha value is -1.45. The lowest BCUT2D eigenvalue weighted by molar-refractivity contribution is 0.619. The molecule has 0 radical (unpaired) electrons. The van der Waals surface area contributed by atoms with Crippen molar-refractivity contribution in [1.82, 2.24) is 4.98 Å². The first kappa shape index (κ1) is 6.67. The third-order valence-corrected chi connectivity index (χ3v) is 1.02. The zero-order chi connectivity index (χ0) is 7.40. The molecular weight excluding hydrogens is 133 g/mol. The van der Waals surface area contributed by atoms with Crippen LogP contribution in [0.3, 0.4) is 0 Å². The second-order valence-electron chi connectivity index (χ2n) is 1.68. The molecule has 0 spiro atoms. The number of aromatic nitrogens is 1. The molecule has 4 heteroatoms. The molecule has 0 aromatic carbocycles. The molecule has 0 bridgehead atoms. The van der Waals surface area contributed by atoms with E-state index in [0.717, 1.165) is 6.20 Å². The maximum atomic E-state index is 12.6. The fourth-order valence-electron chi connectivity index (χ4n) is 0.571. The average molecular weight is 139 g/mol. The zero-order valence-corrected chi connectivity index (χ0v) is 5.16. The van der Waals surface area contributed by atoms with Crippen LogP contribution in [0.4, 0.5) is 4.39 Å². The Kier molecular flexibility index (Phi) is 1.94. The minimum absolute atomic E-state index is 0.345. The summed E-state index contributed by atoms with van der Waals surface area (Å²) in [5.41, 5.74) is 0.345. The fraction of sp³-hybridized carbons (Fsp3) is 0. The van der Waals surface area contributed by atoms with Crippen LogP contribution in [0.15, 0.2) is 23.6 Å². The molecule has 0 saturated carbocycles. The van der Waals surface area contributed by atoms with Gasteiger partial charge >= 0.3 is 0 Å². The predicted molar refractivity (Wildman–Crippen MR) is 36.0 cm³/mol. The van der Waals surface area contributed by atoms with E-state index in [-0.39, 0.29) is 0 Å². The molecular formula is C6H6FN3. The van der Waals surface area contributed by atoms with Gasteiger partial charge in [-0.3, -0.25) is 4.98 Å². The van der Waals surface area contributed by atoms with Crippen molar-refractivity contribution in [3.05, 3.63) is 29.8 Å². The van der Waals surface area contributed by atoms with Crippen molar-refractivity contribution in [3.63, 3.8) is 0 Å². The number of nitrogens with two attached hydrogens (primary N) is 1. The van der Waals surface area contributed by atoms with Gasteiger partial charge in [0.1, 0.15) is 5.82 Å². The lowest BCUT2D eigenvalue weighted by atomic mass is 10.3. The molecule has 1 rings (SSSR count). The number of rotatable bonds is 1. The summed E-state index contributed by atoms with van der Waals surface area (Å²) in [5, 5.41) is 3.17. The van der Waals surface area contributed by atoms with Gasteiger partial charge in [0.15, 0.2) is 0 Å². The molecule has 0 fully saturated rings. The van der Waals surface area contributed by atoms with Crippen LogP contribution in [-0.2, 0) is 0 Å². The van der Waals surface area contributed by atoms with Crippen molar-refractivity contribution < 1.29 is 4.39 Å². The average Bonchev–Trinajstić information content (AvgIpc) is 1.94. The summed E-state index contributed by atoms with van der Waals surface area (Å²) in [6, 6.07) is 1.49. The number of hydrazone groups is 1. The maximum Gasteiger partial charge on any atom is 0.150 e.